The van der Waals surface area contributed by atoms with Crippen LogP contribution in [0, 0.1) is 5.82 Å². The fourth-order valence-corrected chi connectivity index (χ4v) is 2.02. The topological polar surface area (TPSA) is 41.6 Å². The van der Waals surface area contributed by atoms with Gasteiger partial charge in [-0.05, 0) is 24.7 Å². The third kappa shape index (κ3) is 4.16. The summed E-state index contributed by atoms with van der Waals surface area (Å²) in [4.78, 5) is 13.5. The smallest absolute Gasteiger partial charge is 0.236 e. The molecule has 6 heteroatoms. The van der Waals surface area contributed by atoms with Gasteiger partial charge in [-0.15, -0.1) is 12.4 Å². The molecule has 0 radical (unpaired) electrons. The summed E-state index contributed by atoms with van der Waals surface area (Å²) in [5.74, 6) is -0.203. The highest BCUT2D eigenvalue weighted by atomic mass is 35.5. The predicted molar refractivity (Wildman–Crippen MR) is 72.8 cm³/mol. The fraction of sp³-hybridized carbons (Fsp3) is 0.462. The number of halogens is 2. The molecule has 19 heavy (non-hydrogen) atoms. The number of carbonyl (C=O) groups is 1. The maximum Gasteiger partial charge on any atom is 0.236 e. The second-order valence-corrected chi connectivity index (χ2v) is 4.28. The van der Waals surface area contributed by atoms with Gasteiger partial charge in [0.1, 0.15) is 11.9 Å². The fourth-order valence-electron chi connectivity index (χ4n) is 2.02. The molecule has 0 saturated carbocycles. The van der Waals surface area contributed by atoms with Crippen LogP contribution in [0.5, 0.6) is 0 Å². The van der Waals surface area contributed by atoms with Crippen LogP contribution in [0.25, 0.3) is 0 Å². The molecule has 1 atom stereocenters. The molecule has 0 aromatic heterocycles. The third-order valence-corrected chi connectivity index (χ3v) is 2.99. The molecule has 1 unspecified atom stereocenters. The van der Waals surface area contributed by atoms with Gasteiger partial charge in [0, 0.05) is 6.54 Å². The molecule has 1 aromatic rings. The summed E-state index contributed by atoms with van der Waals surface area (Å²) in [7, 11) is 1.75. The molecule has 1 heterocycles. The molecule has 106 valence electrons. The van der Waals surface area contributed by atoms with Crippen molar-refractivity contribution in [1.82, 2.24) is 10.2 Å². The van der Waals surface area contributed by atoms with Crippen molar-refractivity contribution in [3.05, 3.63) is 35.6 Å². The monoisotopic (exact) mass is 288 g/mol. The third-order valence-electron chi connectivity index (χ3n) is 2.99. The standard InChI is InChI=1S/C13H17FN2O2.ClH/c1-15-8-13(17)16-6-7-18-12(9-16)10-2-4-11(14)5-3-10;/h2-5,12,15H,6-9H2,1H3;1H. The van der Waals surface area contributed by atoms with E-state index < -0.39 is 0 Å². The first kappa shape index (κ1) is 15.9. The minimum atomic E-state index is -0.266. The van der Waals surface area contributed by atoms with E-state index >= 15 is 0 Å². The second kappa shape index (κ2) is 7.43. The van der Waals surface area contributed by atoms with E-state index in [1.54, 1.807) is 24.1 Å². The summed E-state index contributed by atoms with van der Waals surface area (Å²) in [6.45, 7) is 1.97. The van der Waals surface area contributed by atoms with Crippen molar-refractivity contribution >= 4 is 18.3 Å². The van der Waals surface area contributed by atoms with Crippen molar-refractivity contribution in [3.63, 3.8) is 0 Å². The SMILES string of the molecule is CNCC(=O)N1CCOC(c2ccc(F)cc2)C1.Cl. The van der Waals surface area contributed by atoms with Crippen molar-refractivity contribution in [2.24, 2.45) is 0 Å². The highest BCUT2D eigenvalue weighted by Gasteiger charge is 2.24. The van der Waals surface area contributed by atoms with E-state index in [9.17, 15) is 9.18 Å². The minimum Gasteiger partial charge on any atom is -0.370 e. The zero-order valence-electron chi connectivity index (χ0n) is 10.8. The number of hydrogen-bond donors (Lipinski definition) is 1. The molecular formula is C13H18ClFN2O2. The number of nitrogens with zero attached hydrogens (tertiary/aromatic N) is 1. The number of morpholine rings is 1. The molecule has 1 N–H and O–H groups in total. The first-order valence-corrected chi connectivity index (χ1v) is 6.00. The lowest BCUT2D eigenvalue weighted by molar-refractivity contribution is -0.137. The summed E-state index contributed by atoms with van der Waals surface area (Å²) in [5.41, 5.74) is 0.901. The van der Waals surface area contributed by atoms with Crippen LogP contribution in [-0.4, -0.2) is 44.1 Å². The van der Waals surface area contributed by atoms with E-state index in [0.717, 1.165) is 5.56 Å². The molecule has 4 nitrogen and oxygen atoms in total. The zero-order valence-corrected chi connectivity index (χ0v) is 11.6. The number of rotatable bonds is 3. The number of carbonyl (C=O) groups excluding carboxylic acids is 1. The predicted octanol–water partition coefficient (Wildman–Crippen LogP) is 1.37. The van der Waals surface area contributed by atoms with Gasteiger partial charge in [-0.1, -0.05) is 12.1 Å². The van der Waals surface area contributed by atoms with Gasteiger partial charge in [0.15, 0.2) is 0 Å². The Bertz CT molecular complexity index is 414. The Kier molecular flexibility index (Phi) is 6.21. The summed E-state index contributed by atoms with van der Waals surface area (Å²) in [5, 5.41) is 2.85. The molecule has 1 amide bonds. The van der Waals surface area contributed by atoms with Crippen LogP contribution < -0.4 is 5.32 Å². The van der Waals surface area contributed by atoms with Crippen LogP contribution in [-0.2, 0) is 9.53 Å². The number of amides is 1. The molecule has 0 bridgehead atoms. The van der Waals surface area contributed by atoms with Crippen LogP contribution in [0.15, 0.2) is 24.3 Å². The quantitative estimate of drug-likeness (QED) is 0.913. The van der Waals surface area contributed by atoms with Gasteiger partial charge in [-0.2, -0.15) is 0 Å². The molecule has 0 spiro atoms. The van der Waals surface area contributed by atoms with Gasteiger partial charge in [0.05, 0.1) is 19.7 Å². The van der Waals surface area contributed by atoms with Crippen LogP contribution in [0.1, 0.15) is 11.7 Å². The Labute approximate surface area is 118 Å². The van der Waals surface area contributed by atoms with E-state index in [0.29, 0.717) is 26.2 Å². The van der Waals surface area contributed by atoms with E-state index in [-0.39, 0.29) is 30.2 Å². The zero-order chi connectivity index (χ0) is 13.0. The van der Waals surface area contributed by atoms with Crippen molar-refractivity contribution in [2.75, 3.05) is 33.3 Å². The van der Waals surface area contributed by atoms with Gasteiger partial charge in [-0.3, -0.25) is 4.79 Å². The van der Waals surface area contributed by atoms with Crippen molar-refractivity contribution in [2.45, 2.75) is 6.10 Å². The largest absolute Gasteiger partial charge is 0.370 e. The van der Waals surface area contributed by atoms with Crippen LogP contribution in [0.3, 0.4) is 0 Å². The Balaban J connectivity index is 0.00000180. The van der Waals surface area contributed by atoms with Gasteiger partial charge >= 0.3 is 0 Å². The average molecular weight is 289 g/mol. The molecule has 1 aliphatic heterocycles. The number of ether oxygens (including phenoxy) is 1. The normalized spacial score (nSPS) is 18.8. The van der Waals surface area contributed by atoms with Crippen molar-refractivity contribution in [1.29, 1.82) is 0 Å². The Morgan fingerprint density at radius 3 is 2.79 bits per heavy atom. The van der Waals surface area contributed by atoms with E-state index in [2.05, 4.69) is 5.32 Å². The molecule has 1 fully saturated rings. The molecule has 0 aliphatic carbocycles. The van der Waals surface area contributed by atoms with Crippen LogP contribution in [0.2, 0.25) is 0 Å². The lowest BCUT2D eigenvalue weighted by Gasteiger charge is -2.33. The van der Waals surface area contributed by atoms with E-state index in [1.807, 2.05) is 0 Å². The van der Waals surface area contributed by atoms with E-state index in [1.165, 1.54) is 12.1 Å². The first-order chi connectivity index (χ1) is 8.70. The first-order valence-electron chi connectivity index (χ1n) is 6.00. The lowest BCUT2D eigenvalue weighted by Crippen LogP contribution is -2.45. The summed E-state index contributed by atoms with van der Waals surface area (Å²) < 4.78 is 18.5. The van der Waals surface area contributed by atoms with E-state index in [4.69, 9.17) is 4.74 Å². The molecule has 1 aliphatic rings. The number of nitrogens with one attached hydrogen (secondary N) is 1. The van der Waals surface area contributed by atoms with Crippen LogP contribution >= 0.6 is 12.4 Å². The second-order valence-electron chi connectivity index (χ2n) is 4.28. The molecule has 1 aromatic carbocycles. The summed E-state index contributed by atoms with van der Waals surface area (Å²) in [6.07, 6.45) is -0.167. The lowest BCUT2D eigenvalue weighted by atomic mass is 10.1. The van der Waals surface area contributed by atoms with Crippen molar-refractivity contribution < 1.29 is 13.9 Å². The van der Waals surface area contributed by atoms with Gasteiger partial charge in [0.25, 0.3) is 0 Å². The van der Waals surface area contributed by atoms with Gasteiger partial charge in [-0.25, -0.2) is 4.39 Å². The number of hydrogen-bond acceptors (Lipinski definition) is 3. The number of likely N-dealkylation sites (N-methyl/N-ethyl adjacent to an activating group) is 1. The molecular weight excluding hydrogens is 271 g/mol. The van der Waals surface area contributed by atoms with Gasteiger partial charge in [0.2, 0.25) is 5.91 Å². The summed E-state index contributed by atoms with van der Waals surface area (Å²) >= 11 is 0. The number of benzene rings is 1. The van der Waals surface area contributed by atoms with Crippen molar-refractivity contribution in [3.8, 4) is 0 Å². The highest BCUT2D eigenvalue weighted by molar-refractivity contribution is 5.85. The average Bonchev–Trinajstić information content (AvgIpc) is 2.40. The Morgan fingerprint density at radius 2 is 2.16 bits per heavy atom. The van der Waals surface area contributed by atoms with Gasteiger partial charge < -0.3 is 15.0 Å². The minimum absolute atomic E-state index is 0. The highest BCUT2D eigenvalue weighted by Crippen LogP contribution is 2.22. The Hall–Kier alpha value is -1.17. The molecule has 2 rings (SSSR count). The summed E-state index contributed by atoms with van der Waals surface area (Å²) in [6, 6.07) is 6.22. The maximum absolute atomic E-state index is 12.8. The molecule has 1 saturated heterocycles. The van der Waals surface area contributed by atoms with Crippen LogP contribution in [0.4, 0.5) is 4.39 Å². The maximum atomic E-state index is 12.8. The Morgan fingerprint density at radius 1 is 1.47 bits per heavy atom.